The Morgan fingerprint density at radius 1 is 1.09 bits per heavy atom. The molecule has 120 valence electrons. The molecule has 0 aliphatic heterocycles. The summed E-state index contributed by atoms with van der Waals surface area (Å²) in [5.74, 6) is -1.20. The molecule has 0 unspecified atom stereocenters. The molecule has 0 saturated carbocycles. The van der Waals surface area contributed by atoms with Gasteiger partial charge in [-0.3, -0.25) is 9.59 Å². The third kappa shape index (κ3) is 4.39. The molecule has 2 aromatic carbocycles. The third-order valence-electron chi connectivity index (χ3n) is 3.41. The van der Waals surface area contributed by atoms with Gasteiger partial charge in [0.1, 0.15) is 6.04 Å². The van der Waals surface area contributed by atoms with Gasteiger partial charge in [-0.2, -0.15) is 0 Å². The second kappa shape index (κ2) is 7.54. The molecular weight excluding hydrogens is 294 g/mol. The van der Waals surface area contributed by atoms with E-state index in [1.807, 2.05) is 30.3 Å². The molecule has 1 amide bonds. The molecule has 5 heteroatoms. The average molecular weight is 313 g/mol. The Morgan fingerprint density at radius 3 is 2.43 bits per heavy atom. The number of fused-ring (bicyclic) bond motifs is 1. The van der Waals surface area contributed by atoms with Crippen LogP contribution in [0.3, 0.4) is 0 Å². The average Bonchev–Trinajstić information content (AvgIpc) is 2.53. The van der Waals surface area contributed by atoms with Gasteiger partial charge in [-0.1, -0.05) is 36.4 Å². The van der Waals surface area contributed by atoms with Gasteiger partial charge in [0, 0.05) is 18.9 Å². The zero-order chi connectivity index (χ0) is 16.8. The topological polar surface area (TPSA) is 72.5 Å². The van der Waals surface area contributed by atoms with E-state index in [-0.39, 0.29) is 24.7 Å². The first kappa shape index (κ1) is 16.7. The minimum absolute atomic E-state index is 0.128. The van der Waals surface area contributed by atoms with Gasteiger partial charge >= 0.3 is 5.97 Å². The zero-order valence-corrected chi connectivity index (χ0v) is 13.2. The van der Waals surface area contributed by atoms with Crippen LogP contribution in [-0.4, -0.2) is 30.3 Å². The predicted octanol–water partition coefficient (Wildman–Crippen LogP) is 2.48. The summed E-state index contributed by atoms with van der Waals surface area (Å²) in [6, 6.07) is 12.1. The van der Waals surface area contributed by atoms with Crippen LogP contribution in [0.15, 0.2) is 42.5 Å². The fourth-order valence-corrected chi connectivity index (χ4v) is 2.35. The van der Waals surface area contributed by atoms with Crippen molar-refractivity contribution in [3.63, 3.8) is 0 Å². The standard InChI is InChI=1S/C18H19NO4/c1-3-23-18(22)16(19-12(2)20)11-17(21)15-9-8-13-6-4-5-7-14(13)10-15/h4-10,16H,3,11H2,1-2H3,(H,19,20)/t16-/m0/s1. The van der Waals surface area contributed by atoms with Crippen molar-refractivity contribution in [1.82, 2.24) is 5.32 Å². The second-order valence-electron chi connectivity index (χ2n) is 5.19. The Bertz CT molecular complexity index is 739. The largest absolute Gasteiger partial charge is 0.464 e. The van der Waals surface area contributed by atoms with Gasteiger partial charge in [0.2, 0.25) is 5.91 Å². The molecule has 0 bridgehead atoms. The monoisotopic (exact) mass is 313 g/mol. The molecule has 0 saturated heterocycles. The fraction of sp³-hybridized carbons (Fsp3) is 0.278. The van der Waals surface area contributed by atoms with Gasteiger partial charge in [-0.15, -0.1) is 0 Å². The van der Waals surface area contributed by atoms with Gasteiger partial charge in [0.25, 0.3) is 0 Å². The number of esters is 1. The van der Waals surface area contributed by atoms with Crippen molar-refractivity contribution < 1.29 is 19.1 Å². The number of nitrogens with one attached hydrogen (secondary N) is 1. The molecule has 0 aliphatic rings. The van der Waals surface area contributed by atoms with E-state index in [0.29, 0.717) is 5.56 Å². The minimum Gasteiger partial charge on any atom is -0.464 e. The lowest BCUT2D eigenvalue weighted by atomic mass is 10.00. The lowest BCUT2D eigenvalue weighted by molar-refractivity contribution is -0.147. The van der Waals surface area contributed by atoms with Crippen LogP contribution in [0.4, 0.5) is 0 Å². The highest BCUT2D eigenvalue weighted by Crippen LogP contribution is 2.17. The molecule has 0 spiro atoms. The third-order valence-corrected chi connectivity index (χ3v) is 3.41. The molecule has 0 aliphatic carbocycles. The maximum absolute atomic E-state index is 12.4. The highest BCUT2D eigenvalue weighted by molar-refractivity contribution is 6.02. The minimum atomic E-state index is -0.966. The van der Waals surface area contributed by atoms with Crippen LogP contribution < -0.4 is 5.32 Å². The lowest BCUT2D eigenvalue weighted by Gasteiger charge is -2.15. The fourth-order valence-electron chi connectivity index (χ4n) is 2.35. The van der Waals surface area contributed by atoms with E-state index >= 15 is 0 Å². The Morgan fingerprint density at radius 2 is 1.78 bits per heavy atom. The number of hydrogen-bond donors (Lipinski definition) is 1. The van der Waals surface area contributed by atoms with Crippen molar-refractivity contribution in [1.29, 1.82) is 0 Å². The summed E-state index contributed by atoms with van der Waals surface area (Å²) >= 11 is 0. The Hall–Kier alpha value is -2.69. The van der Waals surface area contributed by atoms with Gasteiger partial charge in [0.05, 0.1) is 6.61 Å². The van der Waals surface area contributed by atoms with E-state index in [1.54, 1.807) is 19.1 Å². The summed E-state index contributed by atoms with van der Waals surface area (Å²) in [5.41, 5.74) is 0.503. The van der Waals surface area contributed by atoms with Gasteiger partial charge in [0.15, 0.2) is 5.78 Å². The van der Waals surface area contributed by atoms with Gasteiger partial charge in [-0.25, -0.2) is 4.79 Å². The number of carbonyl (C=O) groups excluding carboxylic acids is 3. The number of ether oxygens (including phenoxy) is 1. The van der Waals surface area contributed by atoms with Crippen molar-refractivity contribution in [3.8, 4) is 0 Å². The van der Waals surface area contributed by atoms with Crippen LogP contribution in [-0.2, 0) is 14.3 Å². The molecule has 0 heterocycles. The SMILES string of the molecule is CCOC(=O)[C@H](CC(=O)c1ccc2ccccc2c1)NC(C)=O. The number of benzene rings is 2. The first-order chi connectivity index (χ1) is 11.0. The lowest BCUT2D eigenvalue weighted by Crippen LogP contribution is -2.42. The maximum Gasteiger partial charge on any atom is 0.329 e. The smallest absolute Gasteiger partial charge is 0.329 e. The molecule has 2 aromatic rings. The van der Waals surface area contributed by atoms with Crippen LogP contribution in [0.25, 0.3) is 10.8 Å². The highest BCUT2D eigenvalue weighted by atomic mass is 16.5. The zero-order valence-electron chi connectivity index (χ0n) is 13.2. The Labute approximate surface area is 134 Å². The Balaban J connectivity index is 2.18. The number of ketones is 1. The van der Waals surface area contributed by atoms with E-state index in [0.717, 1.165) is 10.8 Å². The van der Waals surface area contributed by atoms with Crippen molar-refractivity contribution in [2.45, 2.75) is 26.3 Å². The van der Waals surface area contributed by atoms with E-state index in [1.165, 1.54) is 6.92 Å². The summed E-state index contributed by atoms with van der Waals surface area (Å²) in [4.78, 5) is 35.5. The number of Topliss-reactive ketones (excluding diaryl/α,β-unsaturated/α-hetero) is 1. The molecular formula is C18H19NO4. The van der Waals surface area contributed by atoms with E-state index < -0.39 is 12.0 Å². The van der Waals surface area contributed by atoms with Gasteiger partial charge < -0.3 is 10.1 Å². The van der Waals surface area contributed by atoms with Crippen molar-refractivity contribution in [2.75, 3.05) is 6.61 Å². The Kier molecular flexibility index (Phi) is 5.46. The summed E-state index contributed by atoms with van der Waals surface area (Å²) < 4.78 is 4.91. The van der Waals surface area contributed by atoms with Crippen LogP contribution in [0, 0.1) is 0 Å². The van der Waals surface area contributed by atoms with E-state index in [9.17, 15) is 14.4 Å². The van der Waals surface area contributed by atoms with Crippen molar-refractivity contribution >= 4 is 28.4 Å². The normalized spacial score (nSPS) is 11.7. The van der Waals surface area contributed by atoms with E-state index in [2.05, 4.69) is 5.32 Å². The number of hydrogen-bond acceptors (Lipinski definition) is 4. The predicted molar refractivity (Wildman–Crippen MR) is 87.1 cm³/mol. The van der Waals surface area contributed by atoms with Crippen LogP contribution in [0.5, 0.6) is 0 Å². The molecule has 1 N–H and O–H groups in total. The molecule has 0 aromatic heterocycles. The molecule has 0 fully saturated rings. The summed E-state index contributed by atoms with van der Waals surface area (Å²) in [7, 11) is 0. The highest BCUT2D eigenvalue weighted by Gasteiger charge is 2.24. The number of amides is 1. The summed E-state index contributed by atoms with van der Waals surface area (Å²) in [6.07, 6.45) is -0.128. The van der Waals surface area contributed by atoms with Crippen LogP contribution in [0.2, 0.25) is 0 Å². The van der Waals surface area contributed by atoms with Crippen LogP contribution in [0.1, 0.15) is 30.6 Å². The maximum atomic E-state index is 12.4. The molecule has 2 rings (SSSR count). The molecule has 0 radical (unpaired) electrons. The van der Waals surface area contributed by atoms with E-state index in [4.69, 9.17) is 4.74 Å². The van der Waals surface area contributed by atoms with Crippen molar-refractivity contribution in [3.05, 3.63) is 48.0 Å². The number of carbonyl (C=O) groups is 3. The molecule has 1 atom stereocenters. The van der Waals surface area contributed by atoms with Crippen LogP contribution >= 0.6 is 0 Å². The summed E-state index contributed by atoms with van der Waals surface area (Å²) in [6.45, 7) is 3.17. The van der Waals surface area contributed by atoms with Gasteiger partial charge in [-0.05, 0) is 23.8 Å². The quantitative estimate of drug-likeness (QED) is 0.657. The second-order valence-corrected chi connectivity index (χ2v) is 5.19. The summed E-state index contributed by atoms with van der Waals surface area (Å²) in [5, 5.41) is 4.45. The first-order valence-electron chi connectivity index (χ1n) is 7.47. The molecule has 23 heavy (non-hydrogen) atoms. The number of rotatable bonds is 6. The molecule has 5 nitrogen and oxygen atoms in total. The van der Waals surface area contributed by atoms with Crippen molar-refractivity contribution in [2.24, 2.45) is 0 Å². The first-order valence-corrected chi connectivity index (χ1v) is 7.47.